The van der Waals surface area contributed by atoms with Crippen LogP contribution in [0.2, 0.25) is 0 Å². The first-order valence-corrected chi connectivity index (χ1v) is 6.41. The van der Waals surface area contributed by atoms with E-state index in [1.54, 1.807) is 0 Å². The van der Waals surface area contributed by atoms with Crippen molar-refractivity contribution in [2.45, 2.75) is 64.0 Å². The van der Waals surface area contributed by atoms with Crippen LogP contribution in [0.1, 0.15) is 51.9 Å². The molecule has 0 aromatic rings. The summed E-state index contributed by atoms with van der Waals surface area (Å²) in [5, 5.41) is 12.8. The summed E-state index contributed by atoms with van der Waals surface area (Å²) in [4.78, 5) is 0. The van der Waals surface area contributed by atoms with E-state index in [0.29, 0.717) is 12.1 Å². The molecule has 16 heavy (non-hydrogen) atoms. The minimum atomic E-state index is 0.175. The van der Waals surface area contributed by atoms with E-state index in [1.807, 2.05) is 0 Å². The Morgan fingerprint density at radius 2 is 2.12 bits per heavy atom. The molecular weight excluding hydrogens is 196 g/mol. The van der Waals surface area contributed by atoms with Crippen LogP contribution in [0.3, 0.4) is 0 Å². The van der Waals surface area contributed by atoms with Gasteiger partial charge in [0, 0.05) is 18.5 Å². The molecule has 2 nitrogen and oxygen atoms in total. The molecule has 1 aliphatic carbocycles. The fourth-order valence-corrected chi connectivity index (χ4v) is 2.43. The van der Waals surface area contributed by atoms with E-state index < -0.39 is 0 Å². The third kappa shape index (κ3) is 3.87. The number of hydrogen-bond acceptors (Lipinski definition) is 2. The summed E-state index contributed by atoms with van der Waals surface area (Å²) in [5.74, 6) is 2.89. The highest BCUT2D eigenvalue weighted by molar-refractivity contribution is 4.97. The maximum absolute atomic E-state index is 9.17. The molecule has 0 spiro atoms. The lowest BCUT2D eigenvalue weighted by molar-refractivity contribution is 0.344. The molecular formula is C14H22N2. The second kappa shape index (κ2) is 7.31. The number of nitrogens with one attached hydrogen (secondary N) is 1. The van der Waals surface area contributed by atoms with Crippen LogP contribution >= 0.6 is 0 Å². The van der Waals surface area contributed by atoms with Crippen LogP contribution in [0.5, 0.6) is 0 Å². The standard InChI is InChI=1S/C14H22N2/c1-3-8-13(4-2)16-14-10-7-5-6-9-12(14)11-15/h1,12-14,16H,4-10H2,2H3. The van der Waals surface area contributed by atoms with Gasteiger partial charge in [-0.3, -0.25) is 0 Å². The Balaban J connectivity index is 2.54. The fourth-order valence-electron chi connectivity index (χ4n) is 2.43. The minimum absolute atomic E-state index is 0.175. The molecule has 2 heteroatoms. The molecule has 0 heterocycles. The number of nitrogens with zero attached hydrogens (tertiary/aromatic N) is 1. The van der Waals surface area contributed by atoms with E-state index in [9.17, 15) is 5.26 Å². The van der Waals surface area contributed by atoms with Crippen molar-refractivity contribution in [2.75, 3.05) is 0 Å². The zero-order valence-electron chi connectivity index (χ0n) is 10.2. The molecule has 0 aliphatic heterocycles. The first-order valence-electron chi connectivity index (χ1n) is 6.41. The van der Waals surface area contributed by atoms with Gasteiger partial charge in [0.25, 0.3) is 0 Å². The van der Waals surface area contributed by atoms with Crippen LogP contribution in [-0.4, -0.2) is 12.1 Å². The Labute approximate surface area is 99.4 Å². The highest BCUT2D eigenvalue weighted by Crippen LogP contribution is 2.23. The smallest absolute Gasteiger partial charge is 0.0672 e. The lowest BCUT2D eigenvalue weighted by Gasteiger charge is -2.25. The molecule has 1 rings (SSSR count). The third-order valence-electron chi connectivity index (χ3n) is 3.49. The topological polar surface area (TPSA) is 35.8 Å². The lowest BCUT2D eigenvalue weighted by Crippen LogP contribution is -2.41. The summed E-state index contributed by atoms with van der Waals surface area (Å²) >= 11 is 0. The normalized spacial score (nSPS) is 27.4. The minimum Gasteiger partial charge on any atom is -0.309 e. The van der Waals surface area contributed by atoms with Crippen molar-refractivity contribution in [3.63, 3.8) is 0 Å². The number of nitriles is 1. The Morgan fingerprint density at radius 1 is 1.38 bits per heavy atom. The molecule has 1 fully saturated rings. The summed E-state index contributed by atoms with van der Waals surface area (Å²) in [6.45, 7) is 2.15. The van der Waals surface area contributed by atoms with Crippen molar-refractivity contribution >= 4 is 0 Å². The maximum atomic E-state index is 9.17. The highest BCUT2D eigenvalue weighted by Gasteiger charge is 2.24. The van der Waals surface area contributed by atoms with Crippen molar-refractivity contribution in [3.05, 3.63) is 0 Å². The zero-order valence-corrected chi connectivity index (χ0v) is 10.2. The molecule has 0 saturated heterocycles. The molecule has 3 unspecified atom stereocenters. The van der Waals surface area contributed by atoms with Gasteiger partial charge >= 0.3 is 0 Å². The van der Waals surface area contributed by atoms with Crippen molar-refractivity contribution < 1.29 is 0 Å². The van der Waals surface area contributed by atoms with Crippen LogP contribution in [-0.2, 0) is 0 Å². The summed E-state index contributed by atoms with van der Waals surface area (Å²) < 4.78 is 0. The van der Waals surface area contributed by atoms with Crippen LogP contribution in [0.4, 0.5) is 0 Å². The Bertz CT molecular complexity index is 271. The quantitative estimate of drug-likeness (QED) is 0.582. The molecule has 1 saturated carbocycles. The van der Waals surface area contributed by atoms with E-state index in [4.69, 9.17) is 6.42 Å². The maximum Gasteiger partial charge on any atom is 0.0672 e. The van der Waals surface area contributed by atoms with Gasteiger partial charge in [-0.1, -0.05) is 26.2 Å². The molecule has 0 aromatic carbocycles. The van der Waals surface area contributed by atoms with Gasteiger partial charge in [-0.15, -0.1) is 12.3 Å². The van der Waals surface area contributed by atoms with Gasteiger partial charge in [0.1, 0.15) is 0 Å². The van der Waals surface area contributed by atoms with Gasteiger partial charge in [-0.05, 0) is 19.3 Å². The second-order valence-electron chi connectivity index (χ2n) is 4.66. The molecule has 1 N–H and O–H groups in total. The lowest BCUT2D eigenvalue weighted by atomic mass is 9.95. The van der Waals surface area contributed by atoms with Gasteiger partial charge in [-0.25, -0.2) is 0 Å². The average molecular weight is 218 g/mol. The Morgan fingerprint density at radius 3 is 2.75 bits per heavy atom. The van der Waals surface area contributed by atoms with Gasteiger partial charge in [0.2, 0.25) is 0 Å². The highest BCUT2D eigenvalue weighted by atomic mass is 15.0. The first-order chi connectivity index (χ1) is 7.81. The summed E-state index contributed by atoms with van der Waals surface area (Å²) in [7, 11) is 0. The Hall–Kier alpha value is -0.990. The summed E-state index contributed by atoms with van der Waals surface area (Å²) in [5.41, 5.74) is 0. The van der Waals surface area contributed by atoms with Crippen LogP contribution < -0.4 is 5.32 Å². The van der Waals surface area contributed by atoms with Crippen LogP contribution in [0.25, 0.3) is 0 Å². The van der Waals surface area contributed by atoms with Crippen molar-refractivity contribution in [2.24, 2.45) is 5.92 Å². The molecule has 88 valence electrons. The van der Waals surface area contributed by atoms with Crippen LogP contribution in [0, 0.1) is 29.6 Å². The van der Waals surface area contributed by atoms with E-state index in [1.165, 1.54) is 19.3 Å². The van der Waals surface area contributed by atoms with E-state index in [0.717, 1.165) is 25.7 Å². The summed E-state index contributed by atoms with van der Waals surface area (Å²) in [6.07, 6.45) is 13.0. The van der Waals surface area contributed by atoms with E-state index >= 15 is 0 Å². The SMILES string of the molecule is C#CCC(CC)NC1CCCCCC1C#N. The zero-order chi connectivity index (χ0) is 11.8. The fraction of sp³-hybridized carbons (Fsp3) is 0.786. The predicted octanol–water partition coefficient (Wildman–Crippen LogP) is 2.85. The Kier molecular flexibility index (Phi) is 5.98. The van der Waals surface area contributed by atoms with Gasteiger partial charge in [0.05, 0.1) is 12.0 Å². The molecule has 3 atom stereocenters. The van der Waals surface area contributed by atoms with Crippen molar-refractivity contribution in [3.8, 4) is 18.4 Å². The third-order valence-corrected chi connectivity index (χ3v) is 3.49. The van der Waals surface area contributed by atoms with Gasteiger partial charge < -0.3 is 5.32 Å². The average Bonchev–Trinajstić information content (AvgIpc) is 2.53. The largest absolute Gasteiger partial charge is 0.309 e. The van der Waals surface area contributed by atoms with Gasteiger partial charge in [0.15, 0.2) is 0 Å². The molecule has 0 aromatic heterocycles. The van der Waals surface area contributed by atoms with Crippen molar-refractivity contribution in [1.29, 1.82) is 5.26 Å². The summed E-state index contributed by atoms with van der Waals surface area (Å²) in [6, 6.07) is 3.18. The van der Waals surface area contributed by atoms with Crippen LogP contribution in [0.15, 0.2) is 0 Å². The predicted molar refractivity (Wildman–Crippen MR) is 66.6 cm³/mol. The molecule has 0 radical (unpaired) electrons. The van der Waals surface area contributed by atoms with E-state index in [-0.39, 0.29) is 5.92 Å². The monoisotopic (exact) mass is 218 g/mol. The number of hydrogen-bond donors (Lipinski definition) is 1. The molecule has 0 amide bonds. The van der Waals surface area contributed by atoms with Crippen molar-refractivity contribution in [1.82, 2.24) is 5.32 Å². The second-order valence-corrected chi connectivity index (χ2v) is 4.66. The molecule has 1 aliphatic rings. The first kappa shape index (κ1) is 13.1. The van der Waals surface area contributed by atoms with Gasteiger partial charge in [-0.2, -0.15) is 5.26 Å². The molecule has 0 bridgehead atoms. The number of terminal acetylenes is 1. The number of rotatable bonds is 4. The van der Waals surface area contributed by atoms with E-state index in [2.05, 4.69) is 24.2 Å².